The first-order valence-electron chi connectivity index (χ1n) is 19.2. The van der Waals surface area contributed by atoms with Gasteiger partial charge >= 0.3 is 5.97 Å². The molecule has 0 radical (unpaired) electrons. The van der Waals surface area contributed by atoms with Crippen LogP contribution in [0.1, 0.15) is 125 Å². The molecule has 2 atom stereocenters. The number of benzene rings is 3. The molecule has 0 saturated carbocycles. The van der Waals surface area contributed by atoms with Gasteiger partial charge in [-0.05, 0) is 88.5 Å². The number of hydrogen-bond donors (Lipinski definition) is 6. The second-order valence-corrected chi connectivity index (χ2v) is 21.7. The van der Waals surface area contributed by atoms with Crippen molar-refractivity contribution in [3.8, 4) is 11.5 Å². The lowest BCUT2D eigenvalue weighted by Gasteiger charge is -2.40. The number of nitrogens with zero attached hydrogens (tertiary/aromatic N) is 1. The number of nitrogens with one attached hydrogen (secondary N) is 2. The molecule has 0 spiro atoms. The molecule has 0 fully saturated rings. The maximum atomic E-state index is 13.6. The Morgan fingerprint density at radius 2 is 1.56 bits per heavy atom. The molecule has 3 heterocycles. The van der Waals surface area contributed by atoms with Gasteiger partial charge in [0.05, 0.1) is 43.0 Å². The summed E-state index contributed by atoms with van der Waals surface area (Å²) in [5.41, 5.74) is 3.06. The van der Waals surface area contributed by atoms with Crippen molar-refractivity contribution in [2.75, 3.05) is 17.6 Å². The number of anilines is 1. The number of carboxylic acid groups (broad SMARTS) is 1. The van der Waals surface area contributed by atoms with E-state index in [1.165, 1.54) is 6.07 Å². The lowest BCUT2D eigenvalue weighted by atomic mass is 9.79. The molecule has 15 nitrogen and oxygen atoms in total. The zero-order chi connectivity index (χ0) is 45.3. The minimum atomic E-state index is -5.28. The predicted molar refractivity (Wildman–Crippen MR) is 233 cm³/mol. The normalized spacial score (nSPS) is 18.6. The molecule has 0 aliphatic carbocycles. The number of carbonyl (C=O) groups excluding carboxylic acids is 2. The average molecular weight is 960 g/mol. The van der Waals surface area contributed by atoms with Gasteiger partial charge in [-0.2, -0.15) is 16.8 Å². The highest BCUT2D eigenvalue weighted by Crippen LogP contribution is 2.54. The summed E-state index contributed by atoms with van der Waals surface area (Å²) >= 11 is 21.6. The summed E-state index contributed by atoms with van der Waals surface area (Å²) in [6.07, 6.45) is 2.89. The number of primary amides is 1. The molecule has 330 valence electrons. The highest BCUT2D eigenvalue weighted by Gasteiger charge is 2.43. The van der Waals surface area contributed by atoms with Gasteiger partial charge in [0.15, 0.2) is 21.3 Å². The van der Waals surface area contributed by atoms with Crippen LogP contribution >= 0.6 is 46.6 Å². The lowest BCUT2D eigenvalue weighted by molar-refractivity contribution is -0.119. The van der Waals surface area contributed by atoms with Crippen LogP contribution in [0.15, 0.2) is 31.8 Å². The summed E-state index contributed by atoms with van der Waals surface area (Å²) in [5.74, 6) is -4.74. The Morgan fingerprint density at radius 1 is 0.918 bits per heavy atom. The van der Waals surface area contributed by atoms with Crippen molar-refractivity contribution in [2.24, 2.45) is 10.7 Å². The summed E-state index contributed by atoms with van der Waals surface area (Å²) in [5, 5.41) is 15.3. The van der Waals surface area contributed by atoms with Crippen molar-refractivity contribution in [2.45, 2.75) is 118 Å². The van der Waals surface area contributed by atoms with Crippen LogP contribution in [0.2, 0.25) is 15.1 Å². The van der Waals surface area contributed by atoms with Crippen LogP contribution in [0.25, 0.3) is 5.57 Å². The third kappa shape index (κ3) is 9.23. The van der Waals surface area contributed by atoms with E-state index in [1.54, 1.807) is 19.9 Å². The van der Waals surface area contributed by atoms with Crippen molar-refractivity contribution in [3.63, 3.8) is 0 Å². The molecule has 2 unspecified atom stereocenters. The number of thioether (sulfide) groups is 1. The Morgan fingerprint density at radius 3 is 2.16 bits per heavy atom. The first-order chi connectivity index (χ1) is 28.1. The van der Waals surface area contributed by atoms with Crippen LogP contribution in [0, 0.1) is 0 Å². The van der Waals surface area contributed by atoms with Crippen molar-refractivity contribution in [1.29, 1.82) is 0 Å². The molecule has 6 rings (SSSR count). The van der Waals surface area contributed by atoms with Crippen molar-refractivity contribution >= 4 is 95.8 Å². The standard InChI is InChI=1S/C40H45Cl3N4O11S3/c1-17-14-39(3,4)46-31-19(17)12-21-25(26-27(38(50)51)28(41)30(43)35(29(26)42)59-16-24(49)45-11-9-7-8-10-23(44)48)22-13-20-18(2)15-40(5,6)47-32(20)37(61(55,56)57)34(22)58-33(21)36(31)60(52,53)54/h12-13,17-18,46H,7-11,14-16H2,1-6H3,(H2,44,48)(H,45,49)(H,50,51)(H,52,53,54)(H,55,56,57). The van der Waals surface area contributed by atoms with Crippen LogP contribution < -0.4 is 31.7 Å². The molecule has 2 amide bonds. The van der Waals surface area contributed by atoms with Gasteiger partial charge in [0.2, 0.25) is 11.8 Å². The number of carboxylic acids is 1. The number of fused-ring (bicyclic) bond motifs is 4. The SMILES string of the molecule is CC1CC(C)(C)Nc2c1cc1c(c2S(=O)(=O)O)Oc2c(S(=O)(=O)O)c3c(cc2=C1c1c(Cl)c(SCC(=O)NCCCCCC(N)=O)c(Cl)c(Cl)c1C(=O)O)C(C)CC(C)(C)N=3. The van der Waals surface area contributed by atoms with Crippen LogP contribution in [0.4, 0.5) is 5.69 Å². The van der Waals surface area contributed by atoms with E-state index in [0.717, 1.165) is 11.8 Å². The third-order valence-corrected chi connectivity index (χ3v) is 15.2. The number of aromatic carboxylic acids is 1. The minimum absolute atomic E-state index is 0.0325. The molecule has 0 saturated heterocycles. The zero-order valence-electron chi connectivity index (χ0n) is 34.0. The quantitative estimate of drug-likeness (QED) is 0.0341. The Kier molecular flexibility index (Phi) is 12.9. The van der Waals surface area contributed by atoms with Gasteiger partial charge in [-0.1, -0.05) is 55.1 Å². The van der Waals surface area contributed by atoms with Crippen molar-refractivity contribution in [1.82, 2.24) is 5.32 Å². The smallest absolute Gasteiger partial charge is 0.337 e. The van der Waals surface area contributed by atoms with Crippen LogP contribution in [0.5, 0.6) is 11.5 Å². The van der Waals surface area contributed by atoms with E-state index in [1.807, 2.05) is 27.7 Å². The Bertz CT molecular complexity index is 2780. The third-order valence-electron chi connectivity index (χ3n) is 10.8. The molecule has 7 N–H and O–H groups in total. The van der Waals surface area contributed by atoms with E-state index < -0.39 is 86.9 Å². The predicted octanol–water partition coefficient (Wildman–Crippen LogP) is 7.05. The van der Waals surface area contributed by atoms with E-state index >= 15 is 0 Å². The van der Waals surface area contributed by atoms with Gasteiger partial charge in [-0.3, -0.25) is 23.7 Å². The average Bonchev–Trinajstić information content (AvgIpc) is 3.10. The number of unbranched alkanes of at least 4 members (excludes halogenated alkanes) is 2. The molecule has 0 aromatic heterocycles. The largest absolute Gasteiger partial charge is 0.478 e. The molecule has 3 aromatic carbocycles. The van der Waals surface area contributed by atoms with E-state index in [9.17, 15) is 45.4 Å². The first-order valence-corrected chi connectivity index (χ1v) is 24.2. The monoisotopic (exact) mass is 958 g/mol. The molecule has 61 heavy (non-hydrogen) atoms. The van der Waals surface area contributed by atoms with Gasteiger partial charge in [-0.15, -0.1) is 11.8 Å². The highest BCUT2D eigenvalue weighted by molar-refractivity contribution is 8.00. The Balaban J connectivity index is 1.73. The maximum Gasteiger partial charge on any atom is 0.337 e. The van der Waals surface area contributed by atoms with Gasteiger partial charge < -0.3 is 26.2 Å². The van der Waals surface area contributed by atoms with E-state index in [-0.39, 0.29) is 72.5 Å². The van der Waals surface area contributed by atoms with Gasteiger partial charge in [0.1, 0.15) is 0 Å². The first kappa shape index (κ1) is 46.9. The Labute approximate surface area is 372 Å². The number of nitrogens with two attached hydrogens (primary N) is 1. The highest BCUT2D eigenvalue weighted by atomic mass is 35.5. The summed E-state index contributed by atoms with van der Waals surface area (Å²) < 4.78 is 82.7. The summed E-state index contributed by atoms with van der Waals surface area (Å²) in [6.45, 7) is 11.1. The van der Waals surface area contributed by atoms with E-state index in [0.29, 0.717) is 43.2 Å². The molecule has 0 bridgehead atoms. The molecular formula is C40H45Cl3N4O11S3. The molecule has 3 aliphatic rings. The number of amides is 2. The fourth-order valence-electron chi connectivity index (χ4n) is 8.59. The Hall–Kier alpha value is -3.62. The number of carbonyl (C=O) groups is 3. The van der Waals surface area contributed by atoms with E-state index in [2.05, 4.69) is 15.6 Å². The maximum absolute atomic E-state index is 13.6. The van der Waals surface area contributed by atoms with Gasteiger partial charge in [0.25, 0.3) is 20.2 Å². The van der Waals surface area contributed by atoms with Gasteiger partial charge in [0, 0.05) is 45.3 Å². The zero-order valence-corrected chi connectivity index (χ0v) is 38.7. The number of ether oxygens (including phenoxy) is 1. The van der Waals surface area contributed by atoms with Crippen LogP contribution in [0.3, 0.4) is 0 Å². The molecule has 21 heteroatoms. The molecule has 3 aromatic rings. The number of hydrogen-bond acceptors (Lipinski definition) is 11. The molecular weight excluding hydrogens is 915 g/mol. The summed E-state index contributed by atoms with van der Waals surface area (Å²) in [6, 6.07) is 3.09. The number of halogens is 3. The fraction of sp³-hybridized carbons (Fsp3) is 0.450. The molecule has 3 aliphatic heterocycles. The lowest BCUT2D eigenvalue weighted by Crippen LogP contribution is -2.39. The summed E-state index contributed by atoms with van der Waals surface area (Å²) in [7, 11) is -10.5. The second-order valence-electron chi connectivity index (χ2n) is 16.9. The minimum Gasteiger partial charge on any atom is -0.478 e. The summed E-state index contributed by atoms with van der Waals surface area (Å²) in [4.78, 5) is 40.5. The van der Waals surface area contributed by atoms with Crippen molar-refractivity contribution < 1.29 is 50.2 Å². The van der Waals surface area contributed by atoms with E-state index in [4.69, 9.17) is 45.3 Å². The number of rotatable bonds is 13. The van der Waals surface area contributed by atoms with Crippen LogP contribution in [-0.4, -0.2) is 72.2 Å². The fourth-order valence-corrected chi connectivity index (χ4v) is 12.2. The van der Waals surface area contributed by atoms with Crippen molar-refractivity contribution in [3.05, 3.63) is 65.6 Å². The second kappa shape index (κ2) is 16.8. The van der Waals surface area contributed by atoms with Gasteiger partial charge in [-0.25, -0.2) is 4.79 Å². The van der Waals surface area contributed by atoms with Crippen LogP contribution in [-0.2, 0) is 29.8 Å². The topological polar surface area (TPSA) is 252 Å².